The van der Waals surface area contributed by atoms with Crippen molar-refractivity contribution >= 4 is 5.82 Å². The number of benzene rings is 1. The van der Waals surface area contributed by atoms with Crippen LogP contribution in [0.15, 0.2) is 42.9 Å². The lowest BCUT2D eigenvalue weighted by atomic mass is 10.0. The van der Waals surface area contributed by atoms with Gasteiger partial charge in [0.2, 0.25) is 0 Å². The van der Waals surface area contributed by atoms with E-state index in [-0.39, 0.29) is 5.82 Å². The van der Waals surface area contributed by atoms with Crippen LogP contribution in [0, 0.1) is 5.82 Å². The Kier molecular flexibility index (Phi) is 3.92. The number of nitrogens with zero attached hydrogens (tertiary/aromatic N) is 4. The Morgan fingerprint density at radius 1 is 1.04 bits per heavy atom. The molecule has 1 aromatic carbocycles. The summed E-state index contributed by atoms with van der Waals surface area (Å²) in [4.78, 5) is 10.6. The fourth-order valence-electron chi connectivity index (χ4n) is 2.94. The molecule has 1 fully saturated rings. The van der Waals surface area contributed by atoms with Crippen LogP contribution in [-0.2, 0) is 0 Å². The van der Waals surface area contributed by atoms with Crippen molar-refractivity contribution in [3.05, 3.63) is 48.7 Å². The van der Waals surface area contributed by atoms with Gasteiger partial charge < -0.3 is 10.2 Å². The van der Waals surface area contributed by atoms with Crippen LogP contribution in [0.3, 0.4) is 0 Å². The summed E-state index contributed by atoms with van der Waals surface area (Å²) in [6, 6.07) is 8.25. The molecule has 0 spiro atoms. The van der Waals surface area contributed by atoms with Crippen molar-refractivity contribution in [1.29, 1.82) is 0 Å². The molecule has 1 aliphatic rings. The van der Waals surface area contributed by atoms with Crippen LogP contribution in [0.2, 0.25) is 0 Å². The molecule has 2 N–H and O–H groups in total. The summed E-state index contributed by atoms with van der Waals surface area (Å²) >= 11 is 0. The van der Waals surface area contributed by atoms with E-state index in [0.29, 0.717) is 0 Å². The zero-order chi connectivity index (χ0) is 16.4. The number of aromatic nitrogens is 4. The van der Waals surface area contributed by atoms with Crippen LogP contribution >= 0.6 is 0 Å². The number of aromatic amines is 1. The van der Waals surface area contributed by atoms with E-state index in [1.807, 2.05) is 6.07 Å². The molecule has 122 valence electrons. The van der Waals surface area contributed by atoms with E-state index < -0.39 is 0 Å². The molecule has 0 amide bonds. The highest BCUT2D eigenvalue weighted by Gasteiger charge is 2.23. The van der Waals surface area contributed by atoms with Crippen molar-refractivity contribution in [2.45, 2.75) is 0 Å². The van der Waals surface area contributed by atoms with Gasteiger partial charge in [-0.15, -0.1) is 0 Å². The lowest BCUT2D eigenvalue weighted by Gasteiger charge is -2.28. The summed E-state index contributed by atoms with van der Waals surface area (Å²) < 4.78 is 13.3. The molecule has 1 aliphatic heterocycles. The summed E-state index contributed by atoms with van der Waals surface area (Å²) in [6.45, 7) is 3.60. The SMILES string of the molecule is Fc1ccc(-c2[nH]nc(N3CCNCC3)c2-c2ccncn2)cc1. The average Bonchev–Trinajstić information content (AvgIpc) is 3.09. The molecule has 7 heteroatoms. The average molecular weight is 324 g/mol. The Hall–Kier alpha value is -2.80. The number of hydrogen-bond donors (Lipinski definition) is 2. The third-order valence-electron chi connectivity index (χ3n) is 4.13. The predicted octanol–water partition coefficient (Wildman–Crippen LogP) is 2.08. The third kappa shape index (κ3) is 2.74. The van der Waals surface area contributed by atoms with Crippen molar-refractivity contribution in [1.82, 2.24) is 25.5 Å². The summed E-state index contributed by atoms with van der Waals surface area (Å²) in [5.74, 6) is 0.610. The standard InChI is InChI=1S/C17H17FN6/c18-13-3-1-12(2-4-13)16-15(14-5-6-20-11-21-14)17(23-22-16)24-9-7-19-8-10-24/h1-6,11,19H,7-10H2,(H,22,23). The van der Waals surface area contributed by atoms with Crippen molar-refractivity contribution in [2.24, 2.45) is 0 Å². The van der Waals surface area contributed by atoms with Gasteiger partial charge >= 0.3 is 0 Å². The fourth-order valence-corrected chi connectivity index (χ4v) is 2.94. The lowest BCUT2D eigenvalue weighted by molar-refractivity contribution is 0.585. The number of H-pyrrole nitrogens is 1. The molecule has 3 aromatic rings. The second kappa shape index (κ2) is 6.37. The molecule has 0 radical (unpaired) electrons. The van der Waals surface area contributed by atoms with Gasteiger partial charge in [0.05, 0.1) is 17.0 Å². The largest absolute Gasteiger partial charge is 0.352 e. The van der Waals surface area contributed by atoms with Gasteiger partial charge in [0.1, 0.15) is 12.1 Å². The zero-order valence-electron chi connectivity index (χ0n) is 13.0. The molecule has 0 unspecified atom stereocenters. The van der Waals surface area contributed by atoms with Crippen molar-refractivity contribution < 1.29 is 4.39 Å². The molecule has 4 rings (SSSR count). The Bertz CT molecular complexity index is 809. The van der Waals surface area contributed by atoms with E-state index in [1.54, 1.807) is 18.3 Å². The van der Waals surface area contributed by atoms with Gasteiger partial charge in [-0.1, -0.05) is 0 Å². The molecule has 3 heterocycles. The molecule has 0 saturated carbocycles. The summed E-state index contributed by atoms with van der Waals surface area (Å²) in [7, 11) is 0. The molecule has 24 heavy (non-hydrogen) atoms. The number of rotatable bonds is 3. The van der Waals surface area contributed by atoms with Gasteiger partial charge in [0.15, 0.2) is 5.82 Å². The highest BCUT2D eigenvalue weighted by molar-refractivity contribution is 5.87. The molecule has 1 saturated heterocycles. The third-order valence-corrected chi connectivity index (χ3v) is 4.13. The first-order valence-electron chi connectivity index (χ1n) is 7.89. The van der Waals surface area contributed by atoms with Crippen LogP contribution in [0.25, 0.3) is 22.5 Å². The number of nitrogens with one attached hydrogen (secondary N) is 2. The molecule has 0 aliphatic carbocycles. The minimum atomic E-state index is -0.260. The predicted molar refractivity (Wildman–Crippen MR) is 90.1 cm³/mol. The minimum Gasteiger partial charge on any atom is -0.352 e. The van der Waals surface area contributed by atoms with E-state index in [4.69, 9.17) is 0 Å². The summed E-state index contributed by atoms with van der Waals surface area (Å²) in [6.07, 6.45) is 3.24. The fraction of sp³-hybridized carbons (Fsp3) is 0.235. The Balaban J connectivity index is 1.84. The van der Waals surface area contributed by atoms with E-state index in [2.05, 4.69) is 30.4 Å². The minimum absolute atomic E-state index is 0.260. The van der Waals surface area contributed by atoms with Crippen molar-refractivity contribution in [3.63, 3.8) is 0 Å². The van der Waals surface area contributed by atoms with Gasteiger partial charge in [-0.05, 0) is 30.3 Å². The molecular formula is C17H17FN6. The van der Waals surface area contributed by atoms with Crippen molar-refractivity contribution in [2.75, 3.05) is 31.1 Å². The topological polar surface area (TPSA) is 69.7 Å². The second-order valence-electron chi connectivity index (χ2n) is 5.64. The highest BCUT2D eigenvalue weighted by Crippen LogP contribution is 2.36. The highest BCUT2D eigenvalue weighted by atomic mass is 19.1. The molecule has 6 nitrogen and oxygen atoms in total. The first-order valence-corrected chi connectivity index (χ1v) is 7.89. The van der Waals surface area contributed by atoms with Crippen LogP contribution in [-0.4, -0.2) is 46.3 Å². The number of piperazine rings is 1. The quantitative estimate of drug-likeness (QED) is 0.772. The zero-order valence-corrected chi connectivity index (χ0v) is 13.0. The summed E-state index contributed by atoms with van der Waals surface area (Å²) in [5.41, 5.74) is 3.43. The maximum absolute atomic E-state index is 13.3. The van der Waals surface area contributed by atoms with Gasteiger partial charge in [-0.25, -0.2) is 14.4 Å². The Labute approximate surface area is 138 Å². The van der Waals surface area contributed by atoms with Crippen LogP contribution < -0.4 is 10.2 Å². The molecule has 2 aromatic heterocycles. The van der Waals surface area contributed by atoms with E-state index in [1.165, 1.54) is 18.5 Å². The van der Waals surface area contributed by atoms with Gasteiger partial charge in [-0.3, -0.25) is 5.10 Å². The number of anilines is 1. The molecule has 0 atom stereocenters. The normalized spacial score (nSPS) is 14.8. The monoisotopic (exact) mass is 324 g/mol. The van der Waals surface area contributed by atoms with E-state index in [9.17, 15) is 4.39 Å². The Morgan fingerprint density at radius 2 is 1.83 bits per heavy atom. The lowest BCUT2D eigenvalue weighted by Crippen LogP contribution is -2.43. The Morgan fingerprint density at radius 3 is 2.54 bits per heavy atom. The first-order chi connectivity index (χ1) is 11.8. The van der Waals surface area contributed by atoms with Crippen LogP contribution in [0.4, 0.5) is 10.2 Å². The van der Waals surface area contributed by atoms with E-state index in [0.717, 1.165) is 54.5 Å². The van der Waals surface area contributed by atoms with Crippen molar-refractivity contribution in [3.8, 4) is 22.5 Å². The first kappa shape index (κ1) is 14.8. The van der Waals surface area contributed by atoms with Crippen LogP contribution in [0.1, 0.15) is 0 Å². The van der Waals surface area contributed by atoms with Gasteiger partial charge in [0.25, 0.3) is 0 Å². The van der Waals surface area contributed by atoms with Gasteiger partial charge in [-0.2, -0.15) is 5.10 Å². The smallest absolute Gasteiger partial charge is 0.160 e. The second-order valence-corrected chi connectivity index (χ2v) is 5.64. The molecular weight excluding hydrogens is 307 g/mol. The maximum atomic E-state index is 13.3. The maximum Gasteiger partial charge on any atom is 0.160 e. The van der Waals surface area contributed by atoms with Gasteiger partial charge in [0, 0.05) is 37.9 Å². The van der Waals surface area contributed by atoms with Crippen LogP contribution in [0.5, 0.6) is 0 Å². The van der Waals surface area contributed by atoms with E-state index >= 15 is 0 Å². The summed E-state index contributed by atoms with van der Waals surface area (Å²) in [5, 5.41) is 11.0. The number of halogens is 1. The number of hydrogen-bond acceptors (Lipinski definition) is 5. The molecule has 0 bridgehead atoms.